The quantitative estimate of drug-likeness (QED) is 0.178. The third-order valence-corrected chi connectivity index (χ3v) is 8.66. The second kappa shape index (κ2) is 14.4. The summed E-state index contributed by atoms with van der Waals surface area (Å²) in [5, 5.41) is 2.62. The number of hydrogen-bond acceptors (Lipinski definition) is 9. The van der Waals surface area contributed by atoms with E-state index >= 15 is 0 Å². The highest BCUT2D eigenvalue weighted by Crippen LogP contribution is 2.38. The molecule has 2 N–H and O–H groups in total. The maximum absolute atomic E-state index is 13.6. The fraction of sp³-hybridized carbons (Fsp3) is 0.690. The van der Waals surface area contributed by atoms with Crippen LogP contribution in [0.2, 0.25) is 6.32 Å². The molecule has 1 fully saturated rings. The topological polar surface area (TPSA) is 150 Å². The minimum atomic E-state index is -4.57. The zero-order valence-corrected chi connectivity index (χ0v) is 27.8. The minimum Gasteiger partial charge on any atom is -0.464 e. The van der Waals surface area contributed by atoms with Gasteiger partial charge in [-0.2, -0.15) is 17.4 Å². The van der Waals surface area contributed by atoms with Crippen molar-refractivity contribution in [3.63, 3.8) is 0 Å². The molecule has 12 nitrogen and oxygen atoms in total. The molecule has 0 aliphatic carbocycles. The second-order valence-electron chi connectivity index (χ2n) is 12.7. The maximum Gasteiger partial charge on any atom is 0.457 e. The second-order valence-corrected chi connectivity index (χ2v) is 14.4. The Labute approximate surface area is 256 Å². The first-order valence-electron chi connectivity index (χ1n) is 14.6. The van der Waals surface area contributed by atoms with Crippen LogP contribution in [-0.4, -0.2) is 73.3 Å². The smallest absolute Gasteiger partial charge is 0.457 e. The molecule has 0 aromatic heterocycles. The number of carbonyl (C=O) groups excluding carboxylic acids is 3. The molecule has 0 radical (unpaired) electrons. The summed E-state index contributed by atoms with van der Waals surface area (Å²) < 4.78 is 52.9. The van der Waals surface area contributed by atoms with Crippen LogP contribution >= 0.6 is 0 Å². The van der Waals surface area contributed by atoms with Gasteiger partial charge in [0, 0.05) is 13.5 Å². The average Bonchev–Trinajstić information content (AvgIpc) is 3.08. The molecule has 1 atom stereocenters. The number of carbonyl (C=O) groups is 3. The maximum atomic E-state index is 13.6. The third-order valence-electron chi connectivity index (χ3n) is 7.29. The lowest BCUT2D eigenvalue weighted by Crippen LogP contribution is -2.62. The van der Waals surface area contributed by atoms with Gasteiger partial charge in [0.25, 0.3) is 0 Å². The molecule has 1 aromatic rings. The predicted molar refractivity (Wildman–Crippen MR) is 163 cm³/mol. The summed E-state index contributed by atoms with van der Waals surface area (Å²) in [4.78, 5) is 38.7. The van der Waals surface area contributed by atoms with Crippen molar-refractivity contribution in [2.24, 2.45) is 0 Å². The van der Waals surface area contributed by atoms with Gasteiger partial charge >= 0.3 is 29.4 Å². The van der Waals surface area contributed by atoms with Crippen molar-refractivity contribution < 1.29 is 41.6 Å². The Hall–Kier alpha value is -2.68. The summed E-state index contributed by atoms with van der Waals surface area (Å²) in [7, 11) is -5.01. The lowest BCUT2D eigenvalue weighted by atomic mass is 9.80. The van der Waals surface area contributed by atoms with Crippen molar-refractivity contribution in [1.82, 2.24) is 14.3 Å². The van der Waals surface area contributed by atoms with Crippen LogP contribution in [0.15, 0.2) is 30.3 Å². The summed E-state index contributed by atoms with van der Waals surface area (Å²) in [6.45, 7) is 14.7. The van der Waals surface area contributed by atoms with E-state index in [0.29, 0.717) is 29.0 Å². The van der Waals surface area contributed by atoms with Crippen LogP contribution in [0.4, 0.5) is 4.79 Å². The average molecular weight is 626 g/mol. The molecule has 1 heterocycles. The Bertz CT molecular complexity index is 1200. The Kier molecular flexibility index (Phi) is 12.2. The van der Waals surface area contributed by atoms with E-state index in [-0.39, 0.29) is 19.6 Å². The number of nitrogens with one attached hydrogen (secondary N) is 2. The predicted octanol–water partition coefficient (Wildman–Crippen LogP) is 3.96. The Balaban J connectivity index is 2.28. The molecule has 1 unspecified atom stereocenters. The van der Waals surface area contributed by atoms with Gasteiger partial charge in [-0.15, -0.1) is 0 Å². The number of unbranched alkanes of at least 4 members (excludes halogenated alkanes) is 1. The third kappa shape index (κ3) is 10.5. The Morgan fingerprint density at radius 2 is 1.58 bits per heavy atom. The molecule has 14 heteroatoms. The van der Waals surface area contributed by atoms with Crippen molar-refractivity contribution in [2.45, 2.75) is 117 Å². The van der Waals surface area contributed by atoms with Crippen LogP contribution in [0.3, 0.4) is 0 Å². The summed E-state index contributed by atoms with van der Waals surface area (Å²) in [5.74, 6) is -1.35. The van der Waals surface area contributed by atoms with E-state index in [4.69, 9.17) is 18.8 Å². The van der Waals surface area contributed by atoms with Crippen LogP contribution in [0.25, 0.3) is 0 Å². The molecule has 43 heavy (non-hydrogen) atoms. The molecular weight excluding hydrogens is 577 g/mol. The number of hydrogen-bond donors (Lipinski definition) is 2. The van der Waals surface area contributed by atoms with Crippen LogP contribution in [0.1, 0.15) is 87.1 Å². The van der Waals surface area contributed by atoms with Gasteiger partial charge in [-0.3, -0.25) is 4.79 Å². The molecule has 1 aliphatic heterocycles. The fourth-order valence-electron chi connectivity index (χ4n) is 4.45. The van der Waals surface area contributed by atoms with Crippen LogP contribution in [0, 0.1) is 0 Å². The number of ether oxygens (including phenoxy) is 2. The van der Waals surface area contributed by atoms with Crippen molar-refractivity contribution in [2.75, 3.05) is 13.2 Å². The normalized spacial score (nSPS) is 17.6. The summed E-state index contributed by atoms with van der Waals surface area (Å²) in [6, 6.07) is 8.55. The molecular formula is C29H48BN3O9S. The fourth-order valence-corrected chi connectivity index (χ4v) is 5.59. The molecule has 2 rings (SSSR count). The van der Waals surface area contributed by atoms with Gasteiger partial charge < -0.3 is 24.1 Å². The summed E-state index contributed by atoms with van der Waals surface area (Å²) in [6.07, 6.45) is 0.458. The van der Waals surface area contributed by atoms with Crippen LogP contribution in [-0.2, 0) is 45.1 Å². The molecule has 0 bridgehead atoms. The van der Waals surface area contributed by atoms with Crippen LogP contribution in [0.5, 0.6) is 0 Å². The first-order valence-corrected chi connectivity index (χ1v) is 16.0. The van der Waals surface area contributed by atoms with E-state index < -0.39 is 64.2 Å². The van der Waals surface area contributed by atoms with Crippen molar-refractivity contribution in [3.05, 3.63) is 35.9 Å². The number of esters is 1. The van der Waals surface area contributed by atoms with E-state index in [1.54, 1.807) is 58.0 Å². The van der Waals surface area contributed by atoms with Crippen molar-refractivity contribution in [1.29, 1.82) is 0 Å². The van der Waals surface area contributed by atoms with Crippen molar-refractivity contribution in [3.8, 4) is 0 Å². The lowest BCUT2D eigenvalue weighted by molar-refractivity contribution is -0.153. The zero-order valence-electron chi connectivity index (χ0n) is 26.9. The van der Waals surface area contributed by atoms with E-state index in [1.807, 2.05) is 27.7 Å². The Morgan fingerprint density at radius 1 is 1.00 bits per heavy atom. The number of rotatable bonds is 14. The van der Waals surface area contributed by atoms with Gasteiger partial charge in [0.1, 0.15) is 5.60 Å². The van der Waals surface area contributed by atoms with Gasteiger partial charge in [0.2, 0.25) is 5.91 Å². The van der Waals surface area contributed by atoms with E-state index in [2.05, 4.69) is 10.0 Å². The SMILES string of the molecule is CCOC(=O)C(CCCCB1OC(C)(C)C(C)(C)O1)(CNS(=O)(=O)N(Cc1ccccc1)C(=O)OC(C)(C)C)NC(C)=O. The largest absolute Gasteiger partial charge is 0.464 e. The van der Waals surface area contributed by atoms with Crippen molar-refractivity contribution >= 4 is 35.3 Å². The number of amides is 2. The van der Waals surface area contributed by atoms with Gasteiger partial charge in [0.15, 0.2) is 5.54 Å². The molecule has 0 saturated carbocycles. The van der Waals surface area contributed by atoms with E-state index in [1.165, 1.54) is 6.92 Å². The van der Waals surface area contributed by atoms with E-state index in [0.717, 1.165) is 0 Å². The molecule has 2 amide bonds. The molecule has 242 valence electrons. The molecule has 0 spiro atoms. The minimum absolute atomic E-state index is 0.0128. The summed E-state index contributed by atoms with van der Waals surface area (Å²) >= 11 is 0. The lowest BCUT2D eigenvalue weighted by Gasteiger charge is -2.33. The van der Waals surface area contributed by atoms with Gasteiger partial charge in [0.05, 0.1) is 24.4 Å². The highest BCUT2D eigenvalue weighted by atomic mass is 32.2. The Morgan fingerprint density at radius 3 is 2.09 bits per heavy atom. The summed E-state index contributed by atoms with van der Waals surface area (Å²) in [5.41, 5.74) is -3.14. The highest BCUT2D eigenvalue weighted by Gasteiger charge is 2.50. The monoisotopic (exact) mass is 625 g/mol. The first kappa shape index (κ1) is 36.5. The standard InChI is InChI=1S/C29H48BN3O9S/c1-10-39-24(35)29(32-22(2)34,18-14-15-19-30-41-27(6,7)28(8,9)42-30)21-31-43(37,38)33(25(36)40-26(3,4)5)20-23-16-12-11-13-17-23/h11-13,16-17,31H,10,14-15,18-21H2,1-9H3,(H,32,34). The number of nitrogens with zero attached hydrogens (tertiary/aromatic N) is 1. The van der Waals surface area contributed by atoms with Gasteiger partial charge in [-0.25, -0.2) is 9.59 Å². The molecule has 1 saturated heterocycles. The number of benzene rings is 1. The molecule has 1 aliphatic rings. The van der Waals surface area contributed by atoms with E-state index in [9.17, 15) is 22.8 Å². The first-order chi connectivity index (χ1) is 19.7. The van der Waals surface area contributed by atoms with Gasteiger partial charge in [-0.1, -0.05) is 43.2 Å². The zero-order chi connectivity index (χ0) is 32.7. The van der Waals surface area contributed by atoms with Crippen LogP contribution < -0.4 is 10.0 Å². The van der Waals surface area contributed by atoms with Gasteiger partial charge in [-0.05, 0) is 73.7 Å². The molecule has 1 aromatic carbocycles. The highest BCUT2D eigenvalue weighted by molar-refractivity contribution is 7.87.